The zero-order valence-electron chi connectivity index (χ0n) is 18.0. The number of amides is 2. The molecule has 0 bridgehead atoms. The van der Waals surface area contributed by atoms with E-state index >= 15 is 0 Å². The summed E-state index contributed by atoms with van der Waals surface area (Å²) in [6.45, 7) is 2.32. The molecule has 6 nitrogen and oxygen atoms in total. The summed E-state index contributed by atoms with van der Waals surface area (Å²) in [5.74, 6) is -0.620. The summed E-state index contributed by atoms with van der Waals surface area (Å²) in [6, 6.07) is 9.79. The number of fused-ring (bicyclic) bond motifs is 2. The van der Waals surface area contributed by atoms with Crippen LogP contribution in [-0.2, 0) is 12.6 Å². The van der Waals surface area contributed by atoms with Gasteiger partial charge in [0.05, 0.1) is 23.4 Å². The van der Waals surface area contributed by atoms with Gasteiger partial charge in [-0.2, -0.15) is 13.2 Å². The number of anilines is 1. The third-order valence-corrected chi connectivity index (χ3v) is 7.16. The number of alkyl halides is 3. The maximum Gasteiger partial charge on any atom is 0.416 e. The van der Waals surface area contributed by atoms with Crippen LogP contribution in [0, 0.1) is 0 Å². The van der Waals surface area contributed by atoms with Gasteiger partial charge in [-0.1, -0.05) is 12.1 Å². The van der Waals surface area contributed by atoms with E-state index in [0.717, 1.165) is 22.6 Å². The third-order valence-electron chi connectivity index (χ3n) is 5.97. The molecule has 34 heavy (non-hydrogen) atoms. The van der Waals surface area contributed by atoms with E-state index in [9.17, 15) is 22.8 Å². The van der Waals surface area contributed by atoms with Gasteiger partial charge in [0.1, 0.15) is 11.3 Å². The van der Waals surface area contributed by atoms with Gasteiger partial charge in [-0.05, 0) is 49.2 Å². The first kappa shape index (κ1) is 22.1. The fourth-order valence-corrected chi connectivity index (χ4v) is 5.42. The molecule has 1 aliphatic rings. The highest BCUT2D eigenvalue weighted by atomic mass is 32.1. The topological polar surface area (TPSA) is 66.7 Å². The Morgan fingerprint density at radius 2 is 2.00 bits per heavy atom. The molecular weight excluding hydrogens is 465 g/mol. The molecule has 0 radical (unpaired) electrons. The van der Waals surface area contributed by atoms with E-state index in [1.54, 1.807) is 27.1 Å². The van der Waals surface area contributed by atoms with Gasteiger partial charge in [0.2, 0.25) is 0 Å². The lowest BCUT2D eigenvalue weighted by Crippen LogP contribution is -2.39. The molecule has 4 aromatic rings. The van der Waals surface area contributed by atoms with Crippen molar-refractivity contribution in [3.05, 3.63) is 87.5 Å². The van der Waals surface area contributed by atoms with Crippen molar-refractivity contribution in [1.82, 2.24) is 14.3 Å². The van der Waals surface area contributed by atoms with Crippen molar-refractivity contribution in [3.8, 4) is 0 Å². The first-order chi connectivity index (χ1) is 16.2. The van der Waals surface area contributed by atoms with Crippen molar-refractivity contribution in [2.24, 2.45) is 0 Å². The van der Waals surface area contributed by atoms with Crippen LogP contribution in [0.15, 0.2) is 60.2 Å². The molecule has 0 saturated heterocycles. The Kier molecular flexibility index (Phi) is 5.40. The van der Waals surface area contributed by atoms with Crippen molar-refractivity contribution in [1.29, 1.82) is 0 Å². The van der Waals surface area contributed by atoms with Crippen LogP contribution in [0.25, 0.3) is 5.65 Å². The van der Waals surface area contributed by atoms with E-state index in [1.807, 2.05) is 25.1 Å². The number of halogens is 3. The molecule has 1 aromatic carbocycles. The van der Waals surface area contributed by atoms with Crippen molar-refractivity contribution < 1.29 is 22.8 Å². The van der Waals surface area contributed by atoms with Gasteiger partial charge >= 0.3 is 6.18 Å². The molecule has 1 N–H and O–H groups in total. The molecule has 0 aliphatic carbocycles. The van der Waals surface area contributed by atoms with Crippen molar-refractivity contribution in [2.45, 2.75) is 25.6 Å². The number of hydrogen-bond acceptors (Lipinski definition) is 4. The minimum absolute atomic E-state index is 0.0769. The van der Waals surface area contributed by atoms with E-state index in [1.165, 1.54) is 23.5 Å². The molecule has 0 unspecified atom stereocenters. The van der Waals surface area contributed by atoms with Gasteiger partial charge in [-0.15, -0.1) is 11.3 Å². The first-order valence-corrected chi connectivity index (χ1v) is 11.4. The molecule has 5 rings (SSSR count). The van der Waals surface area contributed by atoms with Gasteiger partial charge in [0.25, 0.3) is 11.8 Å². The molecule has 174 valence electrons. The number of nitrogens with zero attached hydrogens (tertiary/aromatic N) is 3. The van der Waals surface area contributed by atoms with Gasteiger partial charge in [0.15, 0.2) is 0 Å². The average molecular weight is 485 g/mol. The second-order valence-corrected chi connectivity index (χ2v) is 8.93. The second-order valence-electron chi connectivity index (χ2n) is 8.02. The van der Waals surface area contributed by atoms with Crippen molar-refractivity contribution in [2.75, 3.05) is 11.9 Å². The fourth-order valence-electron chi connectivity index (χ4n) is 4.25. The number of thiophene rings is 1. The monoisotopic (exact) mass is 484 g/mol. The van der Waals surface area contributed by atoms with Gasteiger partial charge in [-0.25, -0.2) is 4.98 Å². The summed E-state index contributed by atoms with van der Waals surface area (Å²) in [4.78, 5) is 33.1. The molecule has 0 saturated carbocycles. The standard InChI is InChI=1S/C24H19F3N4O2S/c1-14-21-17(8-10-30(14)23(33)19-12-28-20-7-2-3-9-31(19)20)18(13-34-21)22(32)29-16-6-4-5-15(11-16)24(25,26)27/h2-7,9,11-14H,8,10H2,1H3,(H,29,32)/t14-/m1/s1. The summed E-state index contributed by atoms with van der Waals surface area (Å²) < 4.78 is 40.7. The Bertz CT molecular complexity index is 1410. The predicted octanol–water partition coefficient (Wildman–Crippen LogP) is 5.43. The van der Waals surface area contributed by atoms with Gasteiger partial charge in [-0.3, -0.25) is 14.0 Å². The number of benzene rings is 1. The molecule has 0 fully saturated rings. The number of aromatic nitrogens is 2. The molecule has 3 aromatic heterocycles. The van der Waals surface area contributed by atoms with E-state index in [-0.39, 0.29) is 17.6 Å². The molecular formula is C24H19F3N4O2S. The summed E-state index contributed by atoms with van der Waals surface area (Å²) in [7, 11) is 0. The predicted molar refractivity (Wildman–Crippen MR) is 122 cm³/mol. The zero-order valence-corrected chi connectivity index (χ0v) is 18.8. The van der Waals surface area contributed by atoms with Crippen LogP contribution < -0.4 is 5.32 Å². The molecule has 1 aliphatic heterocycles. The average Bonchev–Trinajstić information content (AvgIpc) is 3.43. The number of rotatable bonds is 3. The van der Waals surface area contributed by atoms with Crippen LogP contribution in [0.3, 0.4) is 0 Å². The number of hydrogen-bond donors (Lipinski definition) is 1. The Morgan fingerprint density at radius 1 is 1.18 bits per heavy atom. The van der Waals surface area contributed by atoms with E-state index in [4.69, 9.17) is 0 Å². The van der Waals surface area contributed by atoms with Crippen LogP contribution in [0.5, 0.6) is 0 Å². The van der Waals surface area contributed by atoms with Crippen LogP contribution in [-0.4, -0.2) is 32.6 Å². The summed E-state index contributed by atoms with van der Waals surface area (Å²) in [5, 5.41) is 4.27. The smallest absolute Gasteiger partial charge is 0.329 e. The van der Waals surface area contributed by atoms with E-state index in [2.05, 4.69) is 10.3 Å². The van der Waals surface area contributed by atoms with Crippen LogP contribution >= 0.6 is 11.3 Å². The van der Waals surface area contributed by atoms with Crippen LogP contribution in [0.2, 0.25) is 0 Å². The third kappa shape index (κ3) is 3.83. The maximum absolute atomic E-state index is 13.3. The van der Waals surface area contributed by atoms with Crippen LogP contribution in [0.1, 0.15) is 49.8 Å². The second kappa shape index (κ2) is 8.28. The Balaban J connectivity index is 1.37. The highest BCUT2D eigenvalue weighted by Gasteiger charge is 2.34. The lowest BCUT2D eigenvalue weighted by atomic mass is 9.98. The van der Waals surface area contributed by atoms with Gasteiger partial charge in [0, 0.05) is 28.7 Å². The summed E-state index contributed by atoms with van der Waals surface area (Å²) in [5.41, 5.74) is 1.64. The SMILES string of the molecule is C[C@@H]1c2scc(C(=O)Nc3cccc(C(F)(F)F)c3)c2CCN1C(=O)c1cnc2ccccn12. The number of pyridine rings is 1. The van der Waals surface area contributed by atoms with E-state index in [0.29, 0.717) is 29.9 Å². The highest BCUT2D eigenvalue weighted by Crippen LogP contribution is 2.37. The number of imidazole rings is 1. The summed E-state index contributed by atoms with van der Waals surface area (Å²) >= 11 is 1.37. The number of nitrogens with one attached hydrogen (secondary N) is 1. The Labute approximate surface area is 196 Å². The maximum atomic E-state index is 13.3. The van der Waals surface area contributed by atoms with Crippen molar-refractivity contribution in [3.63, 3.8) is 0 Å². The normalized spacial score (nSPS) is 15.9. The molecule has 10 heteroatoms. The first-order valence-electron chi connectivity index (χ1n) is 10.6. The quantitative estimate of drug-likeness (QED) is 0.422. The van der Waals surface area contributed by atoms with Gasteiger partial charge < -0.3 is 10.2 Å². The van der Waals surface area contributed by atoms with Crippen LogP contribution in [0.4, 0.5) is 18.9 Å². The Morgan fingerprint density at radius 3 is 2.79 bits per heavy atom. The molecule has 2 amide bonds. The lowest BCUT2D eigenvalue weighted by Gasteiger charge is -2.33. The van der Waals surface area contributed by atoms with Crippen molar-refractivity contribution >= 4 is 34.5 Å². The number of carbonyl (C=O) groups excluding carboxylic acids is 2. The molecule has 4 heterocycles. The number of carbonyl (C=O) groups is 2. The largest absolute Gasteiger partial charge is 0.416 e. The molecule has 1 atom stereocenters. The summed E-state index contributed by atoms with van der Waals surface area (Å²) in [6.07, 6.45) is -0.676. The molecule has 0 spiro atoms. The zero-order chi connectivity index (χ0) is 24.0. The lowest BCUT2D eigenvalue weighted by molar-refractivity contribution is -0.137. The fraction of sp³-hybridized carbons (Fsp3) is 0.208. The minimum atomic E-state index is -4.49. The van der Waals surface area contributed by atoms with E-state index < -0.39 is 17.6 Å². The minimum Gasteiger partial charge on any atom is -0.329 e. The highest BCUT2D eigenvalue weighted by molar-refractivity contribution is 7.10. The Hall–Kier alpha value is -3.66.